The Morgan fingerprint density at radius 1 is 1.33 bits per heavy atom. The SMILES string of the molecule is C[C@@H](Nc1ccn2ncc(N)c2n1)c1cc(F)ccc1OCC(CO)NC(=O)OC(C)(C)C. The summed E-state index contributed by atoms with van der Waals surface area (Å²) in [4.78, 5) is 16.4. The third kappa shape index (κ3) is 6.45. The van der Waals surface area contributed by atoms with E-state index in [1.165, 1.54) is 24.4 Å². The molecule has 0 fully saturated rings. The average molecular weight is 461 g/mol. The predicted molar refractivity (Wildman–Crippen MR) is 122 cm³/mol. The van der Waals surface area contributed by atoms with E-state index in [0.29, 0.717) is 28.5 Å². The van der Waals surface area contributed by atoms with Crippen LogP contribution in [-0.2, 0) is 4.74 Å². The molecular weight excluding hydrogens is 431 g/mol. The predicted octanol–water partition coefficient (Wildman–Crippen LogP) is 2.89. The molecule has 0 aliphatic carbocycles. The quantitative estimate of drug-likeness (QED) is 0.403. The fraction of sp³-hybridized carbons (Fsp3) is 0.409. The molecule has 0 aliphatic rings. The molecule has 3 rings (SSSR count). The number of nitrogens with two attached hydrogens (primary N) is 1. The van der Waals surface area contributed by atoms with E-state index in [-0.39, 0.29) is 19.3 Å². The molecule has 0 saturated carbocycles. The third-order valence-corrected chi connectivity index (χ3v) is 4.58. The number of ether oxygens (including phenoxy) is 2. The summed E-state index contributed by atoms with van der Waals surface area (Å²) in [6.45, 7) is 6.64. The number of halogens is 1. The first-order valence-corrected chi connectivity index (χ1v) is 10.4. The summed E-state index contributed by atoms with van der Waals surface area (Å²) in [5.41, 5.74) is 6.68. The number of rotatable bonds is 8. The van der Waals surface area contributed by atoms with Crippen LogP contribution in [0.1, 0.15) is 39.3 Å². The Hall–Kier alpha value is -3.60. The lowest BCUT2D eigenvalue weighted by atomic mass is 10.1. The van der Waals surface area contributed by atoms with E-state index in [1.54, 1.807) is 37.5 Å². The highest BCUT2D eigenvalue weighted by atomic mass is 19.1. The lowest BCUT2D eigenvalue weighted by molar-refractivity contribution is 0.0458. The van der Waals surface area contributed by atoms with Crippen LogP contribution in [0.3, 0.4) is 0 Å². The Kier molecular flexibility index (Phi) is 7.22. The van der Waals surface area contributed by atoms with Crippen molar-refractivity contribution in [2.75, 3.05) is 24.3 Å². The van der Waals surface area contributed by atoms with Crippen molar-refractivity contribution in [3.63, 3.8) is 0 Å². The number of carbonyl (C=O) groups excluding carboxylic acids is 1. The van der Waals surface area contributed by atoms with Gasteiger partial charge in [0.25, 0.3) is 0 Å². The van der Waals surface area contributed by atoms with Crippen molar-refractivity contribution >= 4 is 23.2 Å². The maximum Gasteiger partial charge on any atom is 0.408 e. The summed E-state index contributed by atoms with van der Waals surface area (Å²) in [7, 11) is 0. The van der Waals surface area contributed by atoms with Crippen LogP contribution in [0.2, 0.25) is 0 Å². The Labute approximate surface area is 190 Å². The second-order valence-electron chi connectivity index (χ2n) is 8.57. The van der Waals surface area contributed by atoms with Crippen LogP contribution < -0.4 is 21.1 Å². The van der Waals surface area contributed by atoms with Gasteiger partial charge in [0.1, 0.15) is 29.6 Å². The van der Waals surface area contributed by atoms with Gasteiger partial charge in [-0.2, -0.15) is 5.10 Å². The summed E-state index contributed by atoms with van der Waals surface area (Å²) in [5, 5.41) is 19.5. The topological polar surface area (TPSA) is 136 Å². The molecule has 1 unspecified atom stereocenters. The van der Waals surface area contributed by atoms with Crippen LogP contribution in [0.15, 0.2) is 36.7 Å². The highest BCUT2D eigenvalue weighted by Gasteiger charge is 2.21. The van der Waals surface area contributed by atoms with E-state index >= 15 is 0 Å². The van der Waals surface area contributed by atoms with E-state index < -0.39 is 23.6 Å². The second-order valence-corrected chi connectivity index (χ2v) is 8.57. The number of hydrogen-bond donors (Lipinski definition) is 4. The van der Waals surface area contributed by atoms with Crippen molar-refractivity contribution in [1.82, 2.24) is 19.9 Å². The molecule has 11 heteroatoms. The van der Waals surface area contributed by atoms with Crippen LogP contribution in [0.4, 0.5) is 20.7 Å². The maximum atomic E-state index is 14.0. The summed E-state index contributed by atoms with van der Waals surface area (Å²) in [6, 6.07) is 4.75. The van der Waals surface area contributed by atoms with Gasteiger partial charge in [0.2, 0.25) is 0 Å². The largest absolute Gasteiger partial charge is 0.491 e. The molecule has 0 aliphatic heterocycles. The summed E-state index contributed by atoms with van der Waals surface area (Å²) >= 11 is 0. The van der Waals surface area contributed by atoms with Gasteiger partial charge in [-0.1, -0.05) is 0 Å². The number of benzene rings is 1. The van der Waals surface area contributed by atoms with Crippen LogP contribution in [0.25, 0.3) is 5.65 Å². The van der Waals surface area contributed by atoms with Crippen LogP contribution in [0, 0.1) is 5.82 Å². The molecule has 1 aromatic carbocycles. The number of anilines is 2. The first-order chi connectivity index (χ1) is 15.6. The molecule has 0 spiro atoms. The minimum atomic E-state index is -0.713. The van der Waals surface area contributed by atoms with Gasteiger partial charge in [-0.25, -0.2) is 18.7 Å². The first kappa shape index (κ1) is 24.1. The van der Waals surface area contributed by atoms with Crippen LogP contribution in [0.5, 0.6) is 5.75 Å². The number of fused-ring (bicyclic) bond motifs is 1. The second kappa shape index (κ2) is 9.90. The molecule has 0 saturated heterocycles. The molecule has 0 radical (unpaired) electrons. The van der Waals surface area contributed by atoms with Crippen molar-refractivity contribution in [2.45, 2.75) is 45.4 Å². The lowest BCUT2D eigenvalue weighted by Gasteiger charge is -2.24. The molecule has 0 bridgehead atoms. The number of aliphatic hydroxyl groups is 1. The molecule has 1 amide bonds. The maximum absolute atomic E-state index is 14.0. The molecule has 178 valence electrons. The molecule has 33 heavy (non-hydrogen) atoms. The number of carbonyl (C=O) groups is 1. The highest BCUT2D eigenvalue weighted by molar-refractivity contribution is 5.68. The van der Waals surface area contributed by atoms with Crippen molar-refractivity contribution in [3.8, 4) is 5.75 Å². The van der Waals surface area contributed by atoms with Crippen molar-refractivity contribution in [1.29, 1.82) is 0 Å². The van der Waals surface area contributed by atoms with Crippen LogP contribution >= 0.6 is 0 Å². The summed E-state index contributed by atoms with van der Waals surface area (Å²) < 4.78 is 26.6. The molecule has 2 aromatic heterocycles. The molecule has 3 aromatic rings. The lowest BCUT2D eigenvalue weighted by Crippen LogP contribution is -2.44. The van der Waals surface area contributed by atoms with E-state index in [2.05, 4.69) is 20.7 Å². The smallest absolute Gasteiger partial charge is 0.408 e. The summed E-state index contributed by atoms with van der Waals surface area (Å²) in [5.74, 6) is 0.489. The van der Waals surface area contributed by atoms with Crippen molar-refractivity contribution in [3.05, 3.63) is 48.0 Å². The highest BCUT2D eigenvalue weighted by Crippen LogP contribution is 2.29. The van der Waals surface area contributed by atoms with Gasteiger partial charge < -0.3 is 30.9 Å². The average Bonchev–Trinajstić information content (AvgIpc) is 3.10. The minimum Gasteiger partial charge on any atom is -0.491 e. The zero-order chi connectivity index (χ0) is 24.2. The number of amides is 1. The zero-order valence-corrected chi connectivity index (χ0v) is 19.0. The number of nitrogen functional groups attached to an aromatic ring is 1. The molecule has 2 heterocycles. The Bertz CT molecular complexity index is 1110. The van der Waals surface area contributed by atoms with Gasteiger partial charge in [0.05, 0.1) is 30.6 Å². The van der Waals surface area contributed by atoms with Crippen molar-refractivity contribution in [2.24, 2.45) is 0 Å². The van der Waals surface area contributed by atoms with E-state index in [1.807, 2.05) is 6.92 Å². The third-order valence-electron chi connectivity index (χ3n) is 4.58. The normalized spacial score (nSPS) is 13.4. The van der Waals surface area contributed by atoms with Gasteiger partial charge in [-0.05, 0) is 52.0 Å². The zero-order valence-electron chi connectivity index (χ0n) is 19.0. The molecule has 5 N–H and O–H groups in total. The number of aromatic nitrogens is 3. The van der Waals surface area contributed by atoms with Crippen LogP contribution in [-0.4, -0.2) is 50.7 Å². The fourth-order valence-corrected chi connectivity index (χ4v) is 3.06. The fourth-order valence-electron chi connectivity index (χ4n) is 3.06. The standard InChI is InChI=1S/C22H29FN6O4/c1-13(26-19-7-8-29-20(28-19)17(24)10-25-29)16-9-14(23)5-6-18(16)32-12-15(11-30)27-21(31)33-22(2,3)4/h5-10,13,15,30H,11-12,24H2,1-4H3,(H,26,28)(H,27,31)/t13-,15?/m1/s1. The molecule has 2 atom stereocenters. The van der Waals surface area contributed by atoms with Gasteiger partial charge in [0.15, 0.2) is 5.65 Å². The number of hydrogen-bond acceptors (Lipinski definition) is 8. The van der Waals surface area contributed by atoms with Gasteiger partial charge >= 0.3 is 6.09 Å². The Morgan fingerprint density at radius 2 is 2.09 bits per heavy atom. The summed E-state index contributed by atoms with van der Waals surface area (Å²) in [6.07, 6.45) is 2.56. The molecular formula is C22H29FN6O4. The molecule has 10 nitrogen and oxygen atoms in total. The minimum absolute atomic E-state index is 0.0440. The van der Waals surface area contributed by atoms with Crippen molar-refractivity contribution < 1.29 is 23.8 Å². The van der Waals surface area contributed by atoms with E-state index in [4.69, 9.17) is 15.2 Å². The number of aliphatic hydroxyl groups excluding tert-OH is 1. The Balaban J connectivity index is 1.70. The number of nitrogens with one attached hydrogen (secondary N) is 2. The van der Waals surface area contributed by atoms with E-state index in [9.17, 15) is 14.3 Å². The Morgan fingerprint density at radius 3 is 2.79 bits per heavy atom. The van der Waals surface area contributed by atoms with Gasteiger partial charge in [-0.3, -0.25) is 0 Å². The van der Waals surface area contributed by atoms with E-state index in [0.717, 1.165) is 0 Å². The number of alkyl carbamates (subject to hydrolysis) is 1. The van der Waals surface area contributed by atoms with Gasteiger partial charge in [-0.15, -0.1) is 0 Å². The monoisotopic (exact) mass is 460 g/mol. The van der Waals surface area contributed by atoms with Gasteiger partial charge in [0, 0.05) is 11.8 Å². The first-order valence-electron chi connectivity index (χ1n) is 10.4. The number of nitrogens with zero attached hydrogens (tertiary/aromatic N) is 3.